The minimum Gasteiger partial charge on any atom is -0.510 e. The third-order valence-electron chi connectivity index (χ3n) is 12.9. The highest BCUT2D eigenvalue weighted by molar-refractivity contribution is 6.10. The standard InChI is InChI=1S/C50H68N4O12/c1-49(2)39-9-5-7-11-41(39)53(35-45(55)51-13-17-59-21-25-63-29-30-64-26-22-60-18-14-51)43(49)33-37-47(57)38(48(37)58)34-44-50(3,4)40-10-6-8-12-42(40)54(44)36-46(56)52-15-19-61-23-27-65-31-32-66-28-24-62-20-16-52/h5-12,33-34,37,57H,13-32,35-36H2,1-4H3/b43-33-,44-34-. The zero-order valence-corrected chi connectivity index (χ0v) is 39.1. The molecule has 7 rings (SSSR count). The Morgan fingerprint density at radius 1 is 0.545 bits per heavy atom. The van der Waals surface area contributed by atoms with Gasteiger partial charge in [-0.2, -0.15) is 0 Å². The normalized spacial score (nSPS) is 24.5. The van der Waals surface area contributed by atoms with Crippen LogP contribution in [0.15, 0.2) is 83.4 Å². The monoisotopic (exact) mass is 916 g/mol. The number of nitrogens with zero attached hydrogens (tertiary/aromatic N) is 4. The van der Waals surface area contributed by atoms with Gasteiger partial charge in [0.15, 0.2) is 5.78 Å². The number of hydrogen-bond acceptors (Lipinski definition) is 14. The molecule has 0 aromatic heterocycles. The maximum Gasteiger partial charge on any atom is 0.242 e. The van der Waals surface area contributed by atoms with Gasteiger partial charge in [0.1, 0.15) is 24.8 Å². The van der Waals surface area contributed by atoms with Crippen LogP contribution in [-0.4, -0.2) is 177 Å². The summed E-state index contributed by atoms with van der Waals surface area (Å²) in [5.74, 6) is -1.49. The molecule has 16 heteroatoms. The highest BCUT2D eigenvalue weighted by Crippen LogP contribution is 2.51. The van der Waals surface area contributed by atoms with Crippen LogP contribution in [-0.2, 0) is 63.1 Å². The van der Waals surface area contributed by atoms with E-state index in [-0.39, 0.29) is 42.0 Å². The molecule has 1 aliphatic carbocycles. The fraction of sp³-hybridized carbons (Fsp3) is 0.580. The molecule has 2 saturated heterocycles. The molecule has 1 N–H and O–H groups in total. The van der Waals surface area contributed by atoms with Crippen LogP contribution >= 0.6 is 0 Å². The lowest BCUT2D eigenvalue weighted by atomic mass is 9.76. The number of carbonyl (C=O) groups excluding carboxylic acids is 3. The van der Waals surface area contributed by atoms with Crippen LogP contribution in [0.5, 0.6) is 0 Å². The third kappa shape index (κ3) is 11.7. The van der Waals surface area contributed by atoms with Crippen molar-refractivity contribution < 1.29 is 57.4 Å². The Morgan fingerprint density at radius 3 is 1.26 bits per heavy atom. The van der Waals surface area contributed by atoms with Crippen molar-refractivity contribution >= 4 is 29.0 Å². The van der Waals surface area contributed by atoms with Crippen LogP contribution in [0.25, 0.3) is 0 Å². The molecule has 0 bridgehead atoms. The van der Waals surface area contributed by atoms with E-state index < -0.39 is 16.7 Å². The van der Waals surface area contributed by atoms with Crippen LogP contribution in [0.1, 0.15) is 38.8 Å². The molecule has 0 saturated carbocycles. The highest BCUT2D eigenvalue weighted by atomic mass is 16.6. The number of aliphatic hydroxyl groups excluding tert-OH is 1. The van der Waals surface area contributed by atoms with Crippen molar-refractivity contribution in [1.29, 1.82) is 0 Å². The van der Waals surface area contributed by atoms with Crippen LogP contribution in [0.2, 0.25) is 0 Å². The molecule has 4 heterocycles. The van der Waals surface area contributed by atoms with Gasteiger partial charge in [-0.3, -0.25) is 14.4 Å². The number of ether oxygens (including phenoxy) is 8. The summed E-state index contributed by atoms with van der Waals surface area (Å²) >= 11 is 0. The number of allylic oxidation sites excluding steroid dienone is 5. The van der Waals surface area contributed by atoms with E-state index in [1.807, 2.05) is 64.4 Å². The number of para-hydroxylation sites is 2. The van der Waals surface area contributed by atoms with Gasteiger partial charge in [0.05, 0.1) is 111 Å². The lowest BCUT2D eigenvalue weighted by Crippen LogP contribution is -2.44. The van der Waals surface area contributed by atoms with E-state index in [4.69, 9.17) is 37.9 Å². The topological polar surface area (TPSA) is 158 Å². The molecule has 1 atom stereocenters. The summed E-state index contributed by atoms with van der Waals surface area (Å²) in [5.41, 5.74) is 4.19. The maximum atomic E-state index is 14.4. The van der Waals surface area contributed by atoms with Gasteiger partial charge in [0.2, 0.25) is 11.8 Å². The van der Waals surface area contributed by atoms with Crippen molar-refractivity contribution in [3.8, 4) is 0 Å². The van der Waals surface area contributed by atoms with Crippen molar-refractivity contribution in [1.82, 2.24) is 9.80 Å². The van der Waals surface area contributed by atoms with E-state index in [1.54, 1.807) is 15.9 Å². The first-order chi connectivity index (χ1) is 32.0. The van der Waals surface area contributed by atoms with E-state index in [1.165, 1.54) is 0 Å². The third-order valence-corrected chi connectivity index (χ3v) is 12.9. The van der Waals surface area contributed by atoms with E-state index in [0.29, 0.717) is 132 Å². The lowest BCUT2D eigenvalue weighted by Gasteiger charge is -2.33. The zero-order valence-electron chi connectivity index (χ0n) is 39.1. The number of ketones is 1. The first kappa shape index (κ1) is 49.3. The second kappa shape index (κ2) is 23.4. The first-order valence-corrected chi connectivity index (χ1v) is 23.3. The number of fused-ring (bicyclic) bond motifs is 2. The van der Waals surface area contributed by atoms with Crippen LogP contribution in [0.4, 0.5) is 11.4 Å². The molecular weight excluding hydrogens is 849 g/mol. The van der Waals surface area contributed by atoms with E-state index in [9.17, 15) is 19.5 Å². The summed E-state index contributed by atoms with van der Waals surface area (Å²) in [6.07, 6.45) is 3.56. The number of anilines is 2. The van der Waals surface area contributed by atoms with Crippen LogP contribution < -0.4 is 9.80 Å². The average molecular weight is 917 g/mol. The molecule has 1 unspecified atom stereocenters. The van der Waals surface area contributed by atoms with Gasteiger partial charge >= 0.3 is 0 Å². The Hall–Kier alpha value is -4.65. The summed E-state index contributed by atoms with van der Waals surface area (Å²) in [6, 6.07) is 15.9. The Bertz CT molecular complexity index is 2050. The zero-order chi connectivity index (χ0) is 46.5. The average Bonchev–Trinajstić information content (AvgIpc) is 3.64. The van der Waals surface area contributed by atoms with Crippen LogP contribution in [0.3, 0.4) is 0 Å². The van der Waals surface area contributed by atoms with Crippen LogP contribution in [0, 0.1) is 5.92 Å². The first-order valence-electron chi connectivity index (χ1n) is 23.3. The van der Waals surface area contributed by atoms with Gasteiger partial charge in [0, 0.05) is 59.8 Å². The summed E-state index contributed by atoms with van der Waals surface area (Å²) in [5, 5.41) is 11.9. The van der Waals surface area contributed by atoms with Gasteiger partial charge in [-0.05, 0) is 35.4 Å². The number of amides is 2. The number of aliphatic hydroxyl groups is 1. The number of carbonyl (C=O) groups is 3. The molecule has 0 spiro atoms. The van der Waals surface area contributed by atoms with Gasteiger partial charge < -0.3 is 62.6 Å². The number of rotatable bonds is 6. The predicted molar refractivity (Wildman–Crippen MR) is 248 cm³/mol. The minimum absolute atomic E-state index is 0.00173. The van der Waals surface area contributed by atoms with Gasteiger partial charge in [-0.15, -0.1) is 0 Å². The Morgan fingerprint density at radius 2 is 0.879 bits per heavy atom. The summed E-state index contributed by atoms with van der Waals surface area (Å²) in [4.78, 5) is 50.3. The van der Waals surface area contributed by atoms with Crippen molar-refractivity contribution in [3.05, 3.63) is 94.5 Å². The van der Waals surface area contributed by atoms with Crippen molar-refractivity contribution in [2.45, 2.75) is 38.5 Å². The number of hydrogen-bond donors (Lipinski definition) is 1. The molecule has 4 aliphatic heterocycles. The Kier molecular flexibility index (Phi) is 17.5. The highest BCUT2D eigenvalue weighted by Gasteiger charge is 2.47. The van der Waals surface area contributed by atoms with E-state index >= 15 is 0 Å². The molecule has 2 amide bonds. The van der Waals surface area contributed by atoms with Gasteiger partial charge in [-0.1, -0.05) is 64.1 Å². The fourth-order valence-corrected chi connectivity index (χ4v) is 9.10. The molecule has 2 aromatic rings. The molecule has 2 fully saturated rings. The Balaban J connectivity index is 1.13. The van der Waals surface area contributed by atoms with Gasteiger partial charge in [0.25, 0.3) is 0 Å². The molecule has 360 valence electrons. The fourth-order valence-electron chi connectivity index (χ4n) is 9.10. The van der Waals surface area contributed by atoms with Crippen molar-refractivity contribution in [3.63, 3.8) is 0 Å². The summed E-state index contributed by atoms with van der Waals surface area (Å²) < 4.78 is 45.5. The Labute approximate surface area is 388 Å². The maximum absolute atomic E-state index is 14.4. The summed E-state index contributed by atoms with van der Waals surface area (Å²) in [6.45, 7) is 16.4. The largest absolute Gasteiger partial charge is 0.510 e. The van der Waals surface area contributed by atoms with Gasteiger partial charge in [-0.25, -0.2) is 0 Å². The lowest BCUT2D eigenvalue weighted by molar-refractivity contribution is -0.132. The van der Waals surface area contributed by atoms with Crippen molar-refractivity contribution in [2.24, 2.45) is 5.92 Å². The number of benzene rings is 2. The quantitative estimate of drug-likeness (QED) is 0.440. The molecule has 2 aromatic carbocycles. The predicted octanol–water partition coefficient (Wildman–Crippen LogP) is 4.18. The molecule has 5 aliphatic rings. The SMILES string of the molecule is CC1(C)/C(=C/C2=C(O)C(/C=C3\N(CC(=O)N4CCOCCOCCOCCOCC4)c4ccccc4C3(C)C)C2=O)N(CC(=O)N2CCOCCOCCOCCOCC2)c2ccccc21. The molecule has 0 radical (unpaired) electrons. The summed E-state index contributed by atoms with van der Waals surface area (Å²) in [7, 11) is 0. The molecule has 66 heavy (non-hydrogen) atoms. The van der Waals surface area contributed by atoms with E-state index in [2.05, 4.69) is 27.7 Å². The number of Topliss-reactive ketones (excluding diaryl/α,β-unsaturated/α-hetero) is 1. The van der Waals surface area contributed by atoms with Crippen molar-refractivity contribution in [2.75, 3.05) is 155 Å². The molecule has 16 nitrogen and oxygen atoms in total. The minimum atomic E-state index is -0.930. The molecular formula is C50H68N4O12. The second-order valence-electron chi connectivity index (χ2n) is 17.8. The second-order valence-corrected chi connectivity index (χ2v) is 17.8. The van der Waals surface area contributed by atoms with E-state index in [0.717, 1.165) is 33.9 Å². The smallest absolute Gasteiger partial charge is 0.242 e.